The third kappa shape index (κ3) is 4.08. The number of carbonyl (C=O) groups is 2. The second kappa shape index (κ2) is 7.97. The molecule has 0 bridgehead atoms. The van der Waals surface area contributed by atoms with Crippen molar-refractivity contribution < 1.29 is 14.3 Å². The summed E-state index contributed by atoms with van der Waals surface area (Å²) in [6.07, 6.45) is 1.41. The van der Waals surface area contributed by atoms with Crippen molar-refractivity contribution in [3.63, 3.8) is 0 Å². The monoisotopic (exact) mass is 374 g/mol. The summed E-state index contributed by atoms with van der Waals surface area (Å²) < 4.78 is 4.77. The topological polar surface area (TPSA) is 79.2 Å². The molecule has 0 spiro atoms. The quantitative estimate of drug-likeness (QED) is 0.490. The summed E-state index contributed by atoms with van der Waals surface area (Å²) in [5, 5.41) is 12.7. The molecule has 1 amide bonds. The highest BCUT2D eigenvalue weighted by molar-refractivity contribution is 7.16. The summed E-state index contributed by atoms with van der Waals surface area (Å²) in [5.41, 5.74) is 1.48. The predicted octanol–water partition coefficient (Wildman–Crippen LogP) is 4.35. The zero-order valence-electron chi connectivity index (χ0n) is 13.8. The number of nitrogens with zero attached hydrogens (tertiary/aromatic N) is 1. The van der Waals surface area contributed by atoms with Crippen LogP contribution in [0.15, 0.2) is 29.8 Å². The Labute approximate surface area is 154 Å². The minimum atomic E-state index is -0.617. The lowest BCUT2D eigenvalue weighted by Crippen LogP contribution is -2.15. The molecular weight excluding hydrogens is 360 g/mol. The van der Waals surface area contributed by atoms with Crippen molar-refractivity contribution in [1.82, 2.24) is 0 Å². The summed E-state index contributed by atoms with van der Waals surface area (Å²) in [5.74, 6) is -1.15. The number of nitriles is 1. The minimum Gasteiger partial charge on any atom is -0.465 e. The van der Waals surface area contributed by atoms with Gasteiger partial charge in [-0.25, -0.2) is 4.79 Å². The fraction of sp³-hybridized carbons (Fsp3) is 0.167. The van der Waals surface area contributed by atoms with Gasteiger partial charge in [-0.05, 0) is 37.1 Å². The molecule has 0 aliphatic rings. The molecule has 0 fully saturated rings. The number of carbonyl (C=O) groups excluding carboxylic acids is 2. The van der Waals surface area contributed by atoms with Gasteiger partial charge in [0.15, 0.2) is 0 Å². The molecule has 0 unspecified atom stereocenters. The number of amides is 1. The SMILES string of the molecule is COC(=O)c1c(NC(=O)C(C#N)=Cc2ccccc2Cl)sc(C)c1C. The molecule has 1 aromatic heterocycles. The number of thiophene rings is 1. The van der Waals surface area contributed by atoms with E-state index in [0.29, 0.717) is 21.2 Å². The van der Waals surface area contributed by atoms with Crippen LogP contribution in [-0.2, 0) is 9.53 Å². The van der Waals surface area contributed by atoms with Crippen LogP contribution < -0.4 is 5.32 Å². The summed E-state index contributed by atoms with van der Waals surface area (Å²) in [4.78, 5) is 25.3. The predicted molar refractivity (Wildman–Crippen MR) is 98.8 cm³/mol. The first-order valence-corrected chi connectivity index (χ1v) is 8.44. The van der Waals surface area contributed by atoms with E-state index in [9.17, 15) is 14.9 Å². The number of benzene rings is 1. The second-order valence-electron chi connectivity index (χ2n) is 5.12. The van der Waals surface area contributed by atoms with Crippen LogP contribution >= 0.6 is 22.9 Å². The molecular formula is C18H15ClN2O3S. The molecule has 0 aliphatic carbocycles. The van der Waals surface area contributed by atoms with Crippen LogP contribution in [0.5, 0.6) is 0 Å². The number of rotatable bonds is 4. The van der Waals surface area contributed by atoms with Crippen LogP contribution in [0.1, 0.15) is 26.4 Å². The highest BCUT2D eigenvalue weighted by atomic mass is 35.5. The lowest BCUT2D eigenvalue weighted by molar-refractivity contribution is -0.112. The van der Waals surface area contributed by atoms with Crippen LogP contribution in [0.3, 0.4) is 0 Å². The van der Waals surface area contributed by atoms with E-state index < -0.39 is 11.9 Å². The van der Waals surface area contributed by atoms with Crippen LogP contribution in [0.25, 0.3) is 6.08 Å². The van der Waals surface area contributed by atoms with Crippen LogP contribution in [-0.4, -0.2) is 19.0 Å². The largest absolute Gasteiger partial charge is 0.465 e. The third-order valence-corrected chi connectivity index (χ3v) is 5.04. The van der Waals surface area contributed by atoms with Gasteiger partial charge in [-0.15, -0.1) is 11.3 Å². The number of hydrogen-bond acceptors (Lipinski definition) is 5. The first-order valence-electron chi connectivity index (χ1n) is 7.25. The van der Waals surface area contributed by atoms with E-state index in [1.807, 2.05) is 13.0 Å². The molecule has 2 rings (SSSR count). The van der Waals surface area contributed by atoms with Gasteiger partial charge in [0.1, 0.15) is 16.6 Å². The van der Waals surface area contributed by atoms with E-state index in [4.69, 9.17) is 16.3 Å². The molecule has 25 heavy (non-hydrogen) atoms. The molecule has 1 heterocycles. The Balaban J connectivity index is 2.36. The highest BCUT2D eigenvalue weighted by Gasteiger charge is 2.22. The average Bonchev–Trinajstić information content (AvgIpc) is 2.87. The van der Waals surface area contributed by atoms with Crippen molar-refractivity contribution in [2.45, 2.75) is 13.8 Å². The maximum absolute atomic E-state index is 12.5. The number of nitrogens with one attached hydrogen (secondary N) is 1. The van der Waals surface area contributed by atoms with Crippen molar-refractivity contribution in [3.8, 4) is 6.07 Å². The zero-order chi connectivity index (χ0) is 18.6. The molecule has 0 saturated carbocycles. The number of anilines is 1. The Hall–Kier alpha value is -2.62. The third-order valence-electron chi connectivity index (χ3n) is 3.57. The summed E-state index contributed by atoms with van der Waals surface area (Å²) in [7, 11) is 1.28. The first kappa shape index (κ1) is 18.7. The molecule has 7 heteroatoms. The molecule has 2 aromatic rings. The Bertz CT molecular complexity index is 910. The Morgan fingerprint density at radius 2 is 2.00 bits per heavy atom. The number of halogens is 1. The normalized spacial score (nSPS) is 10.9. The lowest BCUT2D eigenvalue weighted by Gasteiger charge is -2.06. The molecule has 0 atom stereocenters. The molecule has 1 N–H and O–H groups in total. The molecule has 0 radical (unpaired) electrons. The summed E-state index contributed by atoms with van der Waals surface area (Å²) >= 11 is 7.31. The lowest BCUT2D eigenvalue weighted by atomic mass is 10.1. The summed E-state index contributed by atoms with van der Waals surface area (Å²) in [6.45, 7) is 3.62. The van der Waals surface area contributed by atoms with Crippen molar-refractivity contribution >= 4 is 45.9 Å². The van der Waals surface area contributed by atoms with Crippen LogP contribution in [0.4, 0.5) is 5.00 Å². The van der Waals surface area contributed by atoms with Crippen molar-refractivity contribution in [3.05, 3.63) is 56.4 Å². The van der Waals surface area contributed by atoms with Gasteiger partial charge in [0.25, 0.3) is 5.91 Å². The fourth-order valence-electron chi connectivity index (χ4n) is 2.13. The zero-order valence-corrected chi connectivity index (χ0v) is 15.4. The van der Waals surface area contributed by atoms with Gasteiger partial charge in [0.05, 0.1) is 12.7 Å². The van der Waals surface area contributed by atoms with E-state index in [1.165, 1.54) is 24.5 Å². The van der Waals surface area contributed by atoms with E-state index in [1.54, 1.807) is 31.2 Å². The minimum absolute atomic E-state index is 0.118. The number of esters is 1. The van der Waals surface area contributed by atoms with Crippen molar-refractivity contribution in [2.24, 2.45) is 0 Å². The first-order chi connectivity index (χ1) is 11.9. The molecule has 5 nitrogen and oxygen atoms in total. The number of hydrogen-bond donors (Lipinski definition) is 1. The second-order valence-corrected chi connectivity index (χ2v) is 6.76. The highest BCUT2D eigenvalue weighted by Crippen LogP contribution is 2.33. The molecule has 128 valence electrons. The van der Waals surface area contributed by atoms with E-state index in [2.05, 4.69) is 5.32 Å². The maximum atomic E-state index is 12.5. The summed E-state index contributed by atoms with van der Waals surface area (Å²) in [6, 6.07) is 8.74. The van der Waals surface area contributed by atoms with Gasteiger partial charge < -0.3 is 10.1 Å². The van der Waals surface area contributed by atoms with Gasteiger partial charge in [-0.3, -0.25) is 4.79 Å². The van der Waals surface area contributed by atoms with E-state index >= 15 is 0 Å². The molecule has 0 saturated heterocycles. The smallest absolute Gasteiger partial charge is 0.341 e. The van der Waals surface area contributed by atoms with Crippen molar-refractivity contribution in [2.75, 3.05) is 12.4 Å². The Kier molecular flexibility index (Phi) is 5.97. The van der Waals surface area contributed by atoms with Crippen LogP contribution in [0.2, 0.25) is 5.02 Å². The maximum Gasteiger partial charge on any atom is 0.341 e. The Morgan fingerprint density at radius 3 is 2.60 bits per heavy atom. The molecule has 0 aliphatic heterocycles. The van der Waals surface area contributed by atoms with Gasteiger partial charge in [0.2, 0.25) is 0 Å². The van der Waals surface area contributed by atoms with Gasteiger partial charge in [-0.1, -0.05) is 29.8 Å². The molecule has 1 aromatic carbocycles. The van der Waals surface area contributed by atoms with Crippen LogP contribution in [0, 0.1) is 25.2 Å². The number of ether oxygens (including phenoxy) is 1. The van der Waals surface area contributed by atoms with Gasteiger partial charge >= 0.3 is 5.97 Å². The standard InChI is InChI=1S/C18H15ClN2O3S/c1-10-11(2)25-17(15(10)18(23)24-3)21-16(22)13(9-20)8-12-6-4-5-7-14(12)19/h4-8H,1-3H3,(H,21,22). The van der Waals surface area contributed by atoms with Gasteiger partial charge in [-0.2, -0.15) is 5.26 Å². The van der Waals surface area contributed by atoms with Gasteiger partial charge in [0, 0.05) is 9.90 Å². The van der Waals surface area contributed by atoms with Crippen molar-refractivity contribution in [1.29, 1.82) is 5.26 Å². The van der Waals surface area contributed by atoms with E-state index in [-0.39, 0.29) is 5.57 Å². The van der Waals surface area contributed by atoms with E-state index in [0.717, 1.165) is 10.4 Å². The number of aryl methyl sites for hydroxylation is 1. The Morgan fingerprint density at radius 1 is 1.32 bits per heavy atom. The fourth-order valence-corrected chi connectivity index (χ4v) is 3.36. The number of methoxy groups -OCH3 is 1. The average molecular weight is 375 g/mol.